The van der Waals surface area contributed by atoms with Crippen LogP contribution in [-0.2, 0) is 13.5 Å². The first kappa shape index (κ1) is 15.9. The van der Waals surface area contributed by atoms with Crippen LogP contribution in [0.5, 0.6) is 0 Å². The van der Waals surface area contributed by atoms with Gasteiger partial charge in [0, 0.05) is 17.8 Å². The third kappa shape index (κ3) is 2.94. The van der Waals surface area contributed by atoms with E-state index in [2.05, 4.69) is 6.07 Å². The van der Waals surface area contributed by atoms with Crippen LogP contribution in [0.3, 0.4) is 0 Å². The summed E-state index contributed by atoms with van der Waals surface area (Å²) in [6.07, 6.45) is 0.229. The lowest BCUT2D eigenvalue weighted by Crippen LogP contribution is -2.11. The van der Waals surface area contributed by atoms with E-state index in [1.165, 1.54) is 12.1 Å². The highest BCUT2D eigenvalue weighted by molar-refractivity contribution is 6.43. The molecule has 1 heterocycles. The molecular weight excluding hydrogens is 331 g/mol. The molecule has 0 unspecified atom stereocenters. The van der Waals surface area contributed by atoms with Gasteiger partial charge in [-0.1, -0.05) is 34.8 Å². The molecule has 0 radical (unpaired) electrons. The number of aryl methyl sites for hydroxylation is 1. The summed E-state index contributed by atoms with van der Waals surface area (Å²) in [5.74, 6) is -0.286. The number of hydrogen-bond donors (Lipinski definition) is 0. The van der Waals surface area contributed by atoms with Crippen molar-refractivity contribution in [3.05, 3.63) is 55.8 Å². The molecule has 0 saturated carbocycles. The Morgan fingerprint density at radius 1 is 1.24 bits per heavy atom. The molecule has 0 saturated heterocycles. The standard InChI is InChI=1S/C15H11Cl3N2O/c1-8-5-10(3-4-19)20(2)14(8)15(21)13-11(17)6-9(16)7-12(13)18/h5-7H,3H2,1-2H3. The minimum absolute atomic E-state index is 0.208. The first-order valence-electron chi connectivity index (χ1n) is 6.08. The van der Waals surface area contributed by atoms with Crippen molar-refractivity contribution in [3.8, 4) is 6.07 Å². The van der Waals surface area contributed by atoms with Crippen LogP contribution in [0.25, 0.3) is 0 Å². The highest BCUT2D eigenvalue weighted by atomic mass is 35.5. The molecule has 0 aliphatic heterocycles. The Kier molecular flexibility index (Phi) is 4.63. The lowest BCUT2D eigenvalue weighted by Gasteiger charge is -2.10. The van der Waals surface area contributed by atoms with Gasteiger partial charge in [0.1, 0.15) is 0 Å². The van der Waals surface area contributed by atoms with E-state index in [1.54, 1.807) is 11.6 Å². The molecule has 0 spiro atoms. The summed E-state index contributed by atoms with van der Waals surface area (Å²) in [5.41, 5.74) is 2.22. The van der Waals surface area contributed by atoms with E-state index in [9.17, 15) is 4.79 Å². The van der Waals surface area contributed by atoms with Gasteiger partial charge in [0.2, 0.25) is 5.78 Å². The molecule has 108 valence electrons. The van der Waals surface area contributed by atoms with Crippen LogP contribution in [0.4, 0.5) is 0 Å². The lowest BCUT2D eigenvalue weighted by atomic mass is 10.1. The molecule has 1 aromatic carbocycles. The summed E-state index contributed by atoms with van der Waals surface area (Å²) in [6.45, 7) is 1.81. The van der Waals surface area contributed by atoms with Crippen molar-refractivity contribution in [2.45, 2.75) is 13.3 Å². The smallest absolute Gasteiger partial charge is 0.212 e. The number of rotatable bonds is 3. The number of carbonyl (C=O) groups is 1. The number of benzene rings is 1. The molecule has 2 rings (SSSR count). The fraction of sp³-hybridized carbons (Fsp3) is 0.200. The third-order valence-electron chi connectivity index (χ3n) is 3.23. The van der Waals surface area contributed by atoms with Gasteiger partial charge in [0.25, 0.3) is 0 Å². The number of nitriles is 1. The highest BCUT2D eigenvalue weighted by Gasteiger charge is 2.23. The Labute approximate surface area is 137 Å². The summed E-state index contributed by atoms with van der Waals surface area (Å²) in [7, 11) is 1.74. The molecule has 0 atom stereocenters. The van der Waals surface area contributed by atoms with Crippen molar-refractivity contribution in [3.63, 3.8) is 0 Å². The van der Waals surface area contributed by atoms with E-state index in [1.807, 2.05) is 13.0 Å². The second-order valence-electron chi connectivity index (χ2n) is 4.63. The Balaban J connectivity index is 2.59. The van der Waals surface area contributed by atoms with Crippen LogP contribution in [-0.4, -0.2) is 10.4 Å². The largest absolute Gasteiger partial charge is 0.344 e. The average molecular weight is 342 g/mol. The average Bonchev–Trinajstić information content (AvgIpc) is 2.63. The first-order chi connectivity index (χ1) is 9.86. The van der Waals surface area contributed by atoms with E-state index < -0.39 is 0 Å². The maximum absolute atomic E-state index is 12.7. The van der Waals surface area contributed by atoms with Gasteiger partial charge in [-0.3, -0.25) is 4.79 Å². The molecule has 0 fully saturated rings. The number of ketones is 1. The van der Waals surface area contributed by atoms with Crippen LogP contribution >= 0.6 is 34.8 Å². The summed E-state index contributed by atoms with van der Waals surface area (Å²) >= 11 is 18.1. The number of nitrogens with zero attached hydrogens (tertiary/aromatic N) is 2. The van der Waals surface area contributed by atoms with Crippen molar-refractivity contribution in [2.24, 2.45) is 7.05 Å². The van der Waals surface area contributed by atoms with E-state index in [-0.39, 0.29) is 27.8 Å². The monoisotopic (exact) mass is 340 g/mol. The van der Waals surface area contributed by atoms with Crippen LogP contribution in [0, 0.1) is 18.3 Å². The molecule has 0 aliphatic rings. The van der Waals surface area contributed by atoms with Crippen LogP contribution < -0.4 is 0 Å². The summed E-state index contributed by atoms with van der Waals surface area (Å²) in [6, 6.07) is 6.85. The molecule has 2 aromatic rings. The SMILES string of the molecule is Cc1cc(CC#N)n(C)c1C(=O)c1c(Cl)cc(Cl)cc1Cl. The minimum Gasteiger partial charge on any atom is -0.344 e. The van der Waals surface area contributed by atoms with Crippen molar-refractivity contribution < 1.29 is 4.79 Å². The number of carbonyl (C=O) groups excluding carboxylic acids is 1. The molecule has 0 amide bonds. The maximum Gasteiger partial charge on any atom is 0.212 e. The van der Waals surface area contributed by atoms with Gasteiger partial charge < -0.3 is 4.57 Å². The van der Waals surface area contributed by atoms with Gasteiger partial charge in [-0.25, -0.2) is 0 Å². The number of halogens is 3. The summed E-state index contributed by atoms with van der Waals surface area (Å²) in [5, 5.41) is 9.60. The summed E-state index contributed by atoms with van der Waals surface area (Å²) < 4.78 is 1.70. The van der Waals surface area contributed by atoms with Crippen LogP contribution in [0.2, 0.25) is 15.1 Å². The van der Waals surface area contributed by atoms with E-state index in [0.29, 0.717) is 10.7 Å². The zero-order valence-electron chi connectivity index (χ0n) is 11.4. The van der Waals surface area contributed by atoms with Crippen molar-refractivity contribution in [1.82, 2.24) is 4.57 Å². The van der Waals surface area contributed by atoms with Gasteiger partial charge in [-0.2, -0.15) is 5.26 Å². The molecule has 3 nitrogen and oxygen atoms in total. The number of hydrogen-bond acceptors (Lipinski definition) is 2. The Morgan fingerprint density at radius 3 is 2.33 bits per heavy atom. The molecular formula is C15H11Cl3N2O. The van der Waals surface area contributed by atoms with Gasteiger partial charge in [0.05, 0.1) is 33.8 Å². The molecule has 1 aromatic heterocycles. The maximum atomic E-state index is 12.7. The van der Waals surface area contributed by atoms with Gasteiger partial charge in [-0.15, -0.1) is 0 Å². The van der Waals surface area contributed by atoms with Crippen LogP contribution in [0.15, 0.2) is 18.2 Å². The van der Waals surface area contributed by atoms with E-state index in [0.717, 1.165) is 11.3 Å². The molecule has 0 N–H and O–H groups in total. The fourth-order valence-electron chi connectivity index (χ4n) is 2.28. The predicted octanol–water partition coefficient (Wildman–Crippen LogP) is 4.59. The van der Waals surface area contributed by atoms with Crippen LogP contribution in [0.1, 0.15) is 27.3 Å². The van der Waals surface area contributed by atoms with Gasteiger partial charge >= 0.3 is 0 Å². The first-order valence-corrected chi connectivity index (χ1v) is 7.21. The summed E-state index contributed by atoms with van der Waals surface area (Å²) in [4.78, 5) is 12.7. The molecule has 21 heavy (non-hydrogen) atoms. The molecule has 0 aliphatic carbocycles. The van der Waals surface area contributed by atoms with E-state index in [4.69, 9.17) is 40.1 Å². The van der Waals surface area contributed by atoms with Gasteiger partial charge in [0.15, 0.2) is 0 Å². The fourth-order valence-corrected chi connectivity index (χ4v) is 3.27. The molecule has 0 bridgehead atoms. The van der Waals surface area contributed by atoms with Gasteiger partial charge in [-0.05, 0) is 30.7 Å². The second-order valence-corrected chi connectivity index (χ2v) is 5.89. The van der Waals surface area contributed by atoms with Crippen molar-refractivity contribution in [2.75, 3.05) is 0 Å². The second kappa shape index (κ2) is 6.11. The quantitative estimate of drug-likeness (QED) is 0.766. The molecule has 6 heteroatoms. The predicted molar refractivity (Wildman–Crippen MR) is 84.4 cm³/mol. The normalized spacial score (nSPS) is 10.5. The van der Waals surface area contributed by atoms with Crippen molar-refractivity contribution >= 4 is 40.6 Å². The minimum atomic E-state index is -0.286. The zero-order chi connectivity index (χ0) is 15.7. The third-order valence-corrected chi connectivity index (χ3v) is 4.05. The number of aromatic nitrogens is 1. The Morgan fingerprint density at radius 2 is 1.81 bits per heavy atom. The van der Waals surface area contributed by atoms with E-state index >= 15 is 0 Å². The topological polar surface area (TPSA) is 45.8 Å². The highest BCUT2D eigenvalue weighted by Crippen LogP contribution is 2.32. The van der Waals surface area contributed by atoms with Crippen molar-refractivity contribution in [1.29, 1.82) is 5.26 Å². The lowest BCUT2D eigenvalue weighted by molar-refractivity contribution is 0.103. The Bertz CT molecular complexity index is 749. The Hall–Kier alpha value is -1.47. The zero-order valence-corrected chi connectivity index (χ0v) is 13.6.